The van der Waals surface area contributed by atoms with Crippen LogP contribution in [-0.4, -0.2) is 76.9 Å². The maximum atomic E-state index is 12.3. The van der Waals surface area contributed by atoms with E-state index in [0.29, 0.717) is 35.7 Å². The Balaban J connectivity index is 1.12. The number of rotatable bonds is 5. The van der Waals surface area contributed by atoms with E-state index < -0.39 is 0 Å². The fraction of sp³-hybridized carbons (Fsp3) is 0.808. The van der Waals surface area contributed by atoms with Crippen molar-refractivity contribution >= 4 is 11.7 Å². The van der Waals surface area contributed by atoms with Gasteiger partial charge in [-0.2, -0.15) is 0 Å². The van der Waals surface area contributed by atoms with Gasteiger partial charge in [-0.05, 0) is 83.0 Å². The zero-order valence-corrected chi connectivity index (χ0v) is 20.2. The van der Waals surface area contributed by atoms with Gasteiger partial charge in [-0.25, -0.2) is 9.97 Å². The van der Waals surface area contributed by atoms with Gasteiger partial charge in [0.1, 0.15) is 5.78 Å². The van der Waals surface area contributed by atoms with Crippen LogP contribution in [0.5, 0.6) is 0 Å². The van der Waals surface area contributed by atoms with Crippen LogP contribution >= 0.6 is 0 Å². The molecule has 4 heterocycles. The number of ketones is 1. The first kappa shape index (κ1) is 22.3. The molecule has 0 amide bonds. The van der Waals surface area contributed by atoms with E-state index >= 15 is 0 Å². The molecule has 176 valence electrons. The standard InChI is InChI=1S/C26H41N5O/c1-18(2)25(32)20-4-6-22(7-5-20)30-12-10-19(11-13-30)21-14-27-26(28-15-21)31-23-8-9-24(31)17-29(3)16-23/h14-15,18-20,22-24H,4-13,16-17H2,1-3H3/t20-,22-,23?,24?. The van der Waals surface area contributed by atoms with Crippen molar-refractivity contribution in [1.29, 1.82) is 0 Å². The minimum absolute atomic E-state index is 0.187. The molecule has 0 spiro atoms. The minimum Gasteiger partial charge on any atom is -0.332 e. The summed E-state index contributed by atoms with van der Waals surface area (Å²) >= 11 is 0. The number of anilines is 1. The molecule has 0 N–H and O–H groups in total. The summed E-state index contributed by atoms with van der Waals surface area (Å²) < 4.78 is 0. The van der Waals surface area contributed by atoms with Gasteiger partial charge in [-0.15, -0.1) is 0 Å². The molecule has 2 unspecified atom stereocenters. The number of likely N-dealkylation sites (tertiary alicyclic amines) is 2. The fourth-order valence-corrected chi connectivity index (χ4v) is 6.91. The van der Waals surface area contributed by atoms with Crippen LogP contribution in [-0.2, 0) is 4.79 Å². The highest BCUT2D eigenvalue weighted by atomic mass is 16.1. The van der Waals surface area contributed by atoms with Crippen molar-refractivity contribution in [3.8, 4) is 0 Å². The fourth-order valence-electron chi connectivity index (χ4n) is 6.91. The molecular formula is C26H41N5O. The molecule has 0 aromatic carbocycles. The topological polar surface area (TPSA) is 52.6 Å². The van der Waals surface area contributed by atoms with E-state index in [4.69, 9.17) is 9.97 Å². The highest BCUT2D eigenvalue weighted by Gasteiger charge is 2.40. The van der Waals surface area contributed by atoms with E-state index in [-0.39, 0.29) is 5.92 Å². The number of nitrogens with zero attached hydrogens (tertiary/aromatic N) is 5. The van der Waals surface area contributed by atoms with Gasteiger partial charge in [-0.1, -0.05) is 13.8 Å². The summed E-state index contributed by atoms with van der Waals surface area (Å²) in [6.07, 6.45) is 13.7. The van der Waals surface area contributed by atoms with Gasteiger partial charge in [-0.3, -0.25) is 4.79 Å². The molecule has 4 fully saturated rings. The molecule has 1 aliphatic carbocycles. The Kier molecular flexibility index (Phi) is 6.53. The predicted octanol–water partition coefficient (Wildman–Crippen LogP) is 3.72. The zero-order chi connectivity index (χ0) is 22.2. The number of aromatic nitrogens is 2. The number of piperidine rings is 1. The maximum Gasteiger partial charge on any atom is 0.225 e. The Morgan fingerprint density at radius 1 is 0.875 bits per heavy atom. The maximum absolute atomic E-state index is 12.3. The summed E-state index contributed by atoms with van der Waals surface area (Å²) in [5.41, 5.74) is 1.32. The first-order valence-electron chi connectivity index (χ1n) is 13.1. The van der Waals surface area contributed by atoms with Crippen LogP contribution in [0.2, 0.25) is 0 Å². The van der Waals surface area contributed by atoms with Gasteiger partial charge in [0.15, 0.2) is 0 Å². The summed E-state index contributed by atoms with van der Waals surface area (Å²) in [7, 11) is 2.23. The minimum atomic E-state index is 0.187. The SMILES string of the molecule is CC(C)C(=O)[C@H]1CC[C@H](N2CCC(c3cnc(N4C5CCC4CN(C)C5)nc3)CC2)CC1. The van der Waals surface area contributed by atoms with Crippen LogP contribution in [0, 0.1) is 11.8 Å². The number of carbonyl (C=O) groups is 1. The zero-order valence-electron chi connectivity index (χ0n) is 20.2. The predicted molar refractivity (Wildman–Crippen MR) is 128 cm³/mol. The highest BCUT2D eigenvalue weighted by molar-refractivity contribution is 5.82. The Morgan fingerprint density at radius 2 is 1.44 bits per heavy atom. The highest BCUT2D eigenvalue weighted by Crippen LogP contribution is 2.36. The summed E-state index contributed by atoms with van der Waals surface area (Å²) in [6, 6.07) is 1.84. The largest absolute Gasteiger partial charge is 0.332 e. The van der Waals surface area contributed by atoms with Crippen molar-refractivity contribution in [3.05, 3.63) is 18.0 Å². The van der Waals surface area contributed by atoms with Gasteiger partial charge in [0.05, 0.1) is 0 Å². The lowest BCUT2D eigenvalue weighted by atomic mass is 9.79. The number of carbonyl (C=O) groups excluding carboxylic acids is 1. The van der Waals surface area contributed by atoms with Crippen molar-refractivity contribution in [2.75, 3.05) is 38.1 Å². The van der Waals surface area contributed by atoms with Gasteiger partial charge >= 0.3 is 0 Å². The lowest BCUT2D eigenvalue weighted by Crippen LogP contribution is -2.53. The van der Waals surface area contributed by atoms with E-state index in [1.54, 1.807) is 0 Å². The van der Waals surface area contributed by atoms with Crippen molar-refractivity contribution in [1.82, 2.24) is 19.8 Å². The van der Waals surface area contributed by atoms with E-state index in [1.165, 1.54) is 57.2 Å². The summed E-state index contributed by atoms with van der Waals surface area (Å²) in [4.78, 5) is 29.7. The molecule has 1 aromatic rings. The second-order valence-electron chi connectivity index (χ2n) is 11.2. The quantitative estimate of drug-likeness (QED) is 0.697. The smallest absolute Gasteiger partial charge is 0.225 e. The third kappa shape index (κ3) is 4.45. The van der Waals surface area contributed by atoms with Crippen molar-refractivity contribution in [2.24, 2.45) is 11.8 Å². The molecule has 32 heavy (non-hydrogen) atoms. The van der Waals surface area contributed by atoms with E-state index in [1.807, 2.05) is 13.8 Å². The monoisotopic (exact) mass is 439 g/mol. The molecule has 3 aliphatic heterocycles. The molecule has 2 bridgehead atoms. The van der Waals surface area contributed by atoms with Crippen molar-refractivity contribution in [2.45, 2.75) is 89.3 Å². The lowest BCUT2D eigenvalue weighted by molar-refractivity contribution is -0.127. The number of likely N-dealkylation sites (N-methyl/N-ethyl adjacent to an activating group) is 1. The first-order chi connectivity index (χ1) is 15.5. The Labute approximate surface area is 193 Å². The molecule has 2 atom stereocenters. The molecule has 1 aromatic heterocycles. The van der Waals surface area contributed by atoms with Crippen LogP contribution in [0.15, 0.2) is 12.4 Å². The van der Waals surface area contributed by atoms with Crippen LogP contribution in [0.1, 0.15) is 76.7 Å². The molecule has 4 aliphatic rings. The second kappa shape index (κ2) is 9.38. The molecule has 1 saturated carbocycles. The van der Waals surface area contributed by atoms with Gasteiger partial charge in [0, 0.05) is 55.4 Å². The molecule has 6 nitrogen and oxygen atoms in total. The summed E-state index contributed by atoms with van der Waals surface area (Å²) in [6.45, 7) is 8.70. The Bertz CT molecular complexity index is 766. The van der Waals surface area contributed by atoms with E-state index in [9.17, 15) is 4.79 Å². The Morgan fingerprint density at radius 3 is 2.00 bits per heavy atom. The molecule has 6 heteroatoms. The third-order valence-electron chi connectivity index (χ3n) is 8.74. The van der Waals surface area contributed by atoms with Crippen molar-refractivity contribution < 1.29 is 4.79 Å². The average Bonchev–Trinajstić information content (AvgIpc) is 3.09. The van der Waals surface area contributed by atoms with Crippen LogP contribution in [0.3, 0.4) is 0 Å². The third-order valence-corrected chi connectivity index (χ3v) is 8.74. The number of hydrogen-bond donors (Lipinski definition) is 0. The average molecular weight is 440 g/mol. The van der Waals surface area contributed by atoms with Crippen LogP contribution in [0.4, 0.5) is 5.95 Å². The van der Waals surface area contributed by atoms with Crippen LogP contribution in [0.25, 0.3) is 0 Å². The van der Waals surface area contributed by atoms with Crippen molar-refractivity contribution in [3.63, 3.8) is 0 Å². The van der Waals surface area contributed by atoms with Gasteiger partial charge in [0.2, 0.25) is 5.95 Å². The summed E-state index contributed by atoms with van der Waals surface area (Å²) in [5.74, 6) is 2.51. The summed E-state index contributed by atoms with van der Waals surface area (Å²) in [5, 5.41) is 0. The second-order valence-corrected chi connectivity index (χ2v) is 11.2. The van der Waals surface area contributed by atoms with E-state index in [0.717, 1.165) is 31.9 Å². The number of fused-ring (bicyclic) bond motifs is 2. The molecular weight excluding hydrogens is 398 g/mol. The molecule has 5 rings (SSSR count). The lowest BCUT2D eigenvalue weighted by Gasteiger charge is -2.41. The number of hydrogen-bond acceptors (Lipinski definition) is 6. The molecule has 3 saturated heterocycles. The number of piperazine rings is 1. The number of Topliss-reactive ketones (excluding diaryl/α,β-unsaturated/α-hetero) is 1. The Hall–Kier alpha value is -1.53. The molecule has 0 radical (unpaired) electrons. The van der Waals surface area contributed by atoms with Crippen LogP contribution < -0.4 is 4.90 Å². The van der Waals surface area contributed by atoms with E-state index in [2.05, 4.69) is 34.1 Å². The van der Waals surface area contributed by atoms with Gasteiger partial charge in [0.25, 0.3) is 0 Å². The first-order valence-corrected chi connectivity index (χ1v) is 13.1. The normalized spacial score (nSPS) is 32.6. The van der Waals surface area contributed by atoms with Gasteiger partial charge < -0.3 is 14.7 Å².